The lowest BCUT2D eigenvalue weighted by Gasteiger charge is -2.48. The van der Waals surface area contributed by atoms with Crippen LogP contribution in [0.2, 0.25) is 0 Å². The number of hydrogen-bond acceptors (Lipinski definition) is 4. The molecule has 7 nitrogen and oxygen atoms in total. The number of benzene rings is 1. The number of carboxylic acid groups (broad SMARTS) is 1. The Morgan fingerprint density at radius 2 is 1.97 bits per heavy atom. The second-order valence-corrected chi connectivity index (χ2v) is 8.46. The Hall–Kier alpha value is -2.62. The summed E-state index contributed by atoms with van der Waals surface area (Å²) in [5.74, 6) is -1.49. The van der Waals surface area contributed by atoms with E-state index in [-0.39, 0.29) is 12.3 Å². The smallest absolute Gasteiger partial charge is 0.410 e. The van der Waals surface area contributed by atoms with Gasteiger partial charge in [0.05, 0.1) is 6.61 Å². The molecule has 2 aromatic rings. The maximum atomic E-state index is 14.6. The molecule has 1 atom stereocenters. The molecule has 2 heterocycles. The minimum atomic E-state index is -2.96. The molecule has 1 aliphatic heterocycles. The molecule has 0 radical (unpaired) electrons. The van der Waals surface area contributed by atoms with Crippen LogP contribution in [0.25, 0.3) is 5.69 Å². The fraction of sp³-hybridized carbons (Fsp3) is 0.526. The van der Waals surface area contributed by atoms with Crippen LogP contribution < -0.4 is 0 Å². The van der Waals surface area contributed by atoms with E-state index in [0.29, 0.717) is 5.56 Å². The monoisotopic (exact) mass is 412 g/mol. The van der Waals surface area contributed by atoms with Gasteiger partial charge in [0, 0.05) is 0 Å². The van der Waals surface area contributed by atoms with Gasteiger partial charge in [-0.1, -0.05) is 26.8 Å². The average Bonchev–Trinajstić information content (AvgIpc) is 3.17. The van der Waals surface area contributed by atoms with Gasteiger partial charge in [-0.15, -0.1) is 0 Å². The molecule has 1 fully saturated rings. The molecule has 1 N–H and O–H groups in total. The van der Waals surface area contributed by atoms with Gasteiger partial charge in [-0.3, -0.25) is 4.90 Å². The van der Waals surface area contributed by atoms with E-state index in [2.05, 4.69) is 10.1 Å². The molecule has 1 amide bonds. The average molecular weight is 412 g/mol. The van der Waals surface area contributed by atoms with Crippen LogP contribution in [0.1, 0.15) is 52.4 Å². The zero-order chi connectivity index (χ0) is 21.8. The molecule has 0 saturated carbocycles. The minimum absolute atomic E-state index is 0.0138. The van der Waals surface area contributed by atoms with Gasteiger partial charge < -0.3 is 9.84 Å². The Labute approximate surface area is 166 Å². The summed E-state index contributed by atoms with van der Waals surface area (Å²) in [7, 11) is 0. The van der Waals surface area contributed by atoms with E-state index < -0.39 is 40.8 Å². The number of halogens is 3. The topological polar surface area (TPSA) is 80.5 Å². The van der Waals surface area contributed by atoms with Crippen LogP contribution in [0.3, 0.4) is 0 Å². The molecular weight excluding hydrogens is 389 g/mol. The highest BCUT2D eigenvalue weighted by Gasteiger charge is 2.61. The van der Waals surface area contributed by atoms with Gasteiger partial charge in [0.25, 0.3) is 6.43 Å². The minimum Gasteiger partial charge on any atom is -0.465 e. The molecule has 0 spiro atoms. The molecule has 1 aliphatic rings. The van der Waals surface area contributed by atoms with Gasteiger partial charge in [-0.05, 0) is 37.0 Å². The van der Waals surface area contributed by atoms with Crippen LogP contribution in [0, 0.1) is 11.2 Å². The lowest BCUT2D eigenvalue weighted by atomic mass is 9.68. The second-order valence-electron chi connectivity index (χ2n) is 8.46. The lowest BCUT2D eigenvalue weighted by Crippen LogP contribution is -2.59. The molecular formula is C19H23F3N4O3. The quantitative estimate of drug-likeness (QED) is 0.812. The van der Waals surface area contributed by atoms with Crippen LogP contribution in [-0.2, 0) is 10.3 Å². The Kier molecular flexibility index (Phi) is 4.89. The summed E-state index contributed by atoms with van der Waals surface area (Å²) in [6.07, 6.45) is -3.25. The molecule has 3 rings (SSSR count). The number of alkyl halides is 2. The van der Waals surface area contributed by atoms with E-state index in [1.165, 1.54) is 17.0 Å². The highest BCUT2D eigenvalue weighted by atomic mass is 19.3. The van der Waals surface area contributed by atoms with Crippen molar-refractivity contribution in [2.24, 2.45) is 5.41 Å². The van der Waals surface area contributed by atoms with Crippen LogP contribution >= 0.6 is 0 Å². The fourth-order valence-electron chi connectivity index (χ4n) is 3.98. The number of rotatable bonds is 3. The molecule has 0 unspecified atom stereocenters. The van der Waals surface area contributed by atoms with Crippen LogP contribution in [0.4, 0.5) is 18.0 Å². The number of nitrogens with zero attached hydrogens (tertiary/aromatic N) is 4. The van der Waals surface area contributed by atoms with Crippen LogP contribution in [0.5, 0.6) is 0 Å². The number of aromatic nitrogens is 3. The Balaban J connectivity index is 2.27. The van der Waals surface area contributed by atoms with E-state index in [1.54, 1.807) is 13.8 Å². The Bertz CT molecular complexity index is 939. The van der Waals surface area contributed by atoms with Crippen LogP contribution in [-0.4, -0.2) is 43.2 Å². The van der Waals surface area contributed by atoms with E-state index in [0.717, 1.165) is 17.1 Å². The highest BCUT2D eigenvalue weighted by Crippen LogP contribution is 2.52. The van der Waals surface area contributed by atoms with Gasteiger partial charge in [0.2, 0.25) is 0 Å². The summed E-state index contributed by atoms with van der Waals surface area (Å²) in [4.78, 5) is 16.9. The van der Waals surface area contributed by atoms with Crippen molar-refractivity contribution in [3.63, 3.8) is 0 Å². The third-order valence-electron chi connectivity index (χ3n) is 5.41. The number of ether oxygens (including phenoxy) is 1. The third-order valence-corrected chi connectivity index (χ3v) is 5.41. The first-order chi connectivity index (χ1) is 13.3. The van der Waals surface area contributed by atoms with E-state index in [4.69, 9.17) is 4.74 Å². The second kappa shape index (κ2) is 6.72. The summed E-state index contributed by atoms with van der Waals surface area (Å²) in [6, 6.07) is 3.89. The molecule has 1 saturated heterocycles. The van der Waals surface area contributed by atoms with Gasteiger partial charge in [-0.2, -0.15) is 5.10 Å². The van der Waals surface area contributed by atoms with Crippen molar-refractivity contribution in [2.75, 3.05) is 6.61 Å². The first kappa shape index (κ1) is 21.1. The van der Waals surface area contributed by atoms with Gasteiger partial charge in [0.15, 0.2) is 5.82 Å². The van der Waals surface area contributed by atoms with Crippen molar-refractivity contribution < 1.29 is 27.8 Å². The van der Waals surface area contributed by atoms with E-state index in [9.17, 15) is 23.1 Å². The summed E-state index contributed by atoms with van der Waals surface area (Å²) >= 11 is 0. The molecule has 1 aromatic carbocycles. The fourth-order valence-corrected chi connectivity index (χ4v) is 3.98. The van der Waals surface area contributed by atoms with Gasteiger partial charge in [0.1, 0.15) is 29.1 Å². The molecule has 0 aliphatic carbocycles. The molecule has 1 aromatic heterocycles. The van der Waals surface area contributed by atoms with Crippen molar-refractivity contribution in [3.8, 4) is 5.69 Å². The van der Waals surface area contributed by atoms with Crippen molar-refractivity contribution in [2.45, 2.75) is 52.3 Å². The molecule has 0 bridgehead atoms. The van der Waals surface area contributed by atoms with E-state index in [1.807, 2.05) is 20.8 Å². The first-order valence-electron chi connectivity index (χ1n) is 8.98. The zero-order valence-electron chi connectivity index (χ0n) is 16.8. The van der Waals surface area contributed by atoms with Crippen LogP contribution in [0.15, 0.2) is 24.5 Å². The summed E-state index contributed by atoms with van der Waals surface area (Å²) in [5, 5.41) is 13.7. The summed E-state index contributed by atoms with van der Waals surface area (Å²) in [5.41, 5.74) is -2.85. The predicted molar refractivity (Wildman–Crippen MR) is 97.3 cm³/mol. The zero-order valence-corrected chi connectivity index (χ0v) is 16.8. The van der Waals surface area contributed by atoms with Crippen molar-refractivity contribution in [1.29, 1.82) is 0 Å². The van der Waals surface area contributed by atoms with Gasteiger partial charge >= 0.3 is 6.09 Å². The Morgan fingerprint density at radius 1 is 1.31 bits per heavy atom. The third kappa shape index (κ3) is 3.15. The Morgan fingerprint density at radius 3 is 2.52 bits per heavy atom. The summed E-state index contributed by atoms with van der Waals surface area (Å²) in [6.45, 7) is 8.81. The van der Waals surface area contributed by atoms with Crippen molar-refractivity contribution in [3.05, 3.63) is 41.7 Å². The number of amides is 1. The van der Waals surface area contributed by atoms with E-state index >= 15 is 0 Å². The number of carbonyl (C=O) groups is 1. The maximum absolute atomic E-state index is 14.6. The van der Waals surface area contributed by atoms with Crippen molar-refractivity contribution in [1.82, 2.24) is 19.7 Å². The molecule has 158 valence electrons. The first-order valence-corrected chi connectivity index (χ1v) is 8.98. The van der Waals surface area contributed by atoms with Gasteiger partial charge in [-0.25, -0.2) is 27.6 Å². The lowest BCUT2D eigenvalue weighted by molar-refractivity contribution is -0.0585. The summed E-state index contributed by atoms with van der Waals surface area (Å²) < 4.78 is 47.7. The SMILES string of the molecule is CC1(C)OC[C@@](c2ccc(F)c(-n3ncnc3C(F)F)c2)(C(C)(C)C)N1C(=O)O. The number of hydrogen-bond donors (Lipinski definition) is 1. The predicted octanol–water partition coefficient (Wildman–Crippen LogP) is 4.33. The molecule has 29 heavy (non-hydrogen) atoms. The largest absolute Gasteiger partial charge is 0.465 e. The normalized spacial score (nSPS) is 21.8. The standard InChI is InChI=1S/C19H23F3N4O3/c1-17(2,3)19(9-29-18(4,5)26(19)16(27)28)11-6-7-12(20)13(8-11)25-15(14(21)22)23-10-24-25/h6-8,10,14H,9H2,1-5H3,(H,27,28)/t19-/m1/s1. The van der Waals surface area contributed by atoms with Crippen molar-refractivity contribution >= 4 is 6.09 Å². The highest BCUT2D eigenvalue weighted by molar-refractivity contribution is 5.69. The maximum Gasteiger partial charge on any atom is 0.410 e. The molecule has 10 heteroatoms.